The Labute approximate surface area is 70.2 Å². The van der Waals surface area contributed by atoms with Gasteiger partial charge >= 0.3 is 0 Å². The molecule has 4 heteroatoms. The highest BCUT2D eigenvalue weighted by Gasteiger charge is 1.88. The normalized spacial score (nSPS) is 7.91. The molecule has 0 unspecified atom stereocenters. The molecule has 1 rings (SSSR count). The Morgan fingerprint density at radius 3 is 2.55 bits per heavy atom. The van der Waals surface area contributed by atoms with Crippen molar-refractivity contribution in [3.05, 3.63) is 29.0 Å². The molecule has 0 radical (unpaired) electrons. The highest BCUT2D eigenvalue weighted by atomic mass is 35.5. The molecule has 0 aromatic carbocycles. The highest BCUT2D eigenvalue weighted by molar-refractivity contribution is 6.29. The maximum Gasteiger partial charge on any atom is 0.151 e. The molecular weight excluding hydrogens is 164 g/mol. The molecule has 2 N–H and O–H groups in total. The molecule has 11 heavy (non-hydrogen) atoms. The number of pyridine rings is 1. The minimum absolute atomic E-state index is 0.403. The van der Waals surface area contributed by atoms with E-state index in [0.717, 1.165) is 6.29 Å². The van der Waals surface area contributed by atoms with E-state index in [9.17, 15) is 4.79 Å². The van der Waals surface area contributed by atoms with Crippen LogP contribution in [0.3, 0.4) is 0 Å². The molecule has 0 aliphatic carbocycles. The first-order chi connectivity index (χ1) is 5.33. The number of nitrogens with zero attached hydrogens (tertiary/aromatic N) is 1. The summed E-state index contributed by atoms with van der Waals surface area (Å²) in [5, 5.41) is 0.403. The lowest BCUT2D eigenvalue weighted by Gasteiger charge is -1.86. The Balaban J connectivity index is 0.000000461. The van der Waals surface area contributed by atoms with Gasteiger partial charge in [-0.2, -0.15) is 0 Å². The van der Waals surface area contributed by atoms with Crippen LogP contribution in [-0.4, -0.2) is 18.3 Å². The summed E-state index contributed by atoms with van der Waals surface area (Å²) in [4.78, 5) is 13.7. The average molecular weight is 173 g/mol. The van der Waals surface area contributed by atoms with E-state index in [0.29, 0.717) is 10.7 Å². The zero-order valence-corrected chi connectivity index (χ0v) is 6.88. The smallest absolute Gasteiger partial charge is 0.151 e. The van der Waals surface area contributed by atoms with Crippen molar-refractivity contribution in [2.45, 2.75) is 0 Å². The van der Waals surface area contributed by atoms with Crippen LogP contribution in [0.15, 0.2) is 18.3 Å². The topological polar surface area (TPSA) is 56.0 Å². The molecule has 0 fully saturated rings. The second-order valence-corrected chi connectivity index (χ2v) is 1.92. The Kier molecular flexibility index (Phi) is 5.33. The van der Waals surface area contributed by atoms with E-state index in [1.54, 1.807) is 12.1 Å². The van der Waals surface area contributed by atoms with Gasteiger partial charge in [-0.15, -0.1) is 0 Å². The summed E-state index contributed by atoms with van der Waals surface area (Å²) in [7, 11) is 1.50. The Morgan fingerprint density at radius 2 is 2.18 bits per heavy atom. The summed E-state index contributed by atoms with van der Waals surface area (Å²) in [6.45, 7) is 0. The Hall–Kier alpha value is -0.930. The van der Waals surface area contributed by atoms with Gasteiger partial charge in [-0.1, -0.05) is 11.6 Å². The van der Waals surface area contributed by atoms with E-state index in [1.807, 2.05) is 0 Å². The molecule has 3 nitrogen and oxygen atoms in total. The van der Waals surface area contributed by atoms with E-state index in [4.69, 9.17) is 11.6 Å². The molecule has 0 bridgehead atoms. The number of rotatable bonds is 1. The van der Waals surface area contributed by atoms with Gasteiger partial charge in [-0.05, 0) is 19.2 Å². The monoisotopic (exact) mass is 172 g/mol. The van der Waals surface area contributed by atoms with E-state index in [-0.39, 0.29) is 0 Å². The van der Waals surface area contributed by atoms with Crippen LogP contribution >= 0.6 is 11.6 Å². The number of nitrogens with two attached hydrogens (primary N) is 1. The molecule has 1 aromatic heterocycles. The third-order valence-corrected chi connectivity index (χ3v) is 1.11. The first-order valence-electron chi connectivity index (χ1n) is 2.97. The van der Waals surface area contributed by atoms with Crippen molar-refractivity contribution in [3.63, 3.8) is 0 Å². The zero-order chi connectivity index (χ0) is 8.69. The van der Waals surface area contributed by atoms with Gasteiger partial charge in [-0.3, -0.25) is 4.79 Å². The third-order valence-electron chi connectivity index (χ3n) is 0.886. The Bertz CT molecular complexity index is 210. The van der Waals surface area contributed by atoms with Crippen LogP contribution in [0.5, 0.6) is 0 Å². The van der Waals surface area contributed by atoms with Crippen molar-refractivity contribution in [1.82, 2.24) is 4.98 Å². The number of halogens is 1. The fraction of sp³-hybridized carbons (Fsp3) is 0.143. The summed E-state index contributed by atoms with van der Waals surface area (Å²) in [5.41, 5.74) is 5.04. The van der Waals surface area contributed by atoms with E-state index >= 15 is 0 Å². The van der Waals surface area contributed by atoms with Crippen LogP contribution in [0, 0.1) is 0 Å². The summed E-state index contributed by atoms with van der Waals surface area (Å²) in [6, 6.07) is 3.19. The summed E-state index contributed by atoms with van der Waals surface area (Å²) < 4.78 is 0. The van der Waals surface area contributed by atoms with Gasteiger partial charge in [0.1, 0.15) is 5.15 Å². The molecule has 0 saturated heterocycles. The lowest BCUT2D eigenvalue weighted by atomic mass is 10.3. The predicted octanol–water partition coefficient (Wildman–Crippen LogP) is 1.12. The quantitative estimate of drug-likeness (QED) is 0.510. The lowest BCUT2D eigenvalue weighted by Crippen LogP contribution is -1.79. The van der Waals surface area contributed by atoms with Crippen molar-refractivity contribution in [2.24, 2.45) is 5.73 Å². The molecule has 0 aliphatic heterocycles. The van der Waals surface area contributed by atoms with Gasteiger partial charge in [-0.25, -0.2) is 4.98 Å². The maximum absolute atomic E-state index is 10.0. The van der Waals surface area contributed by atoms with Gasteiger partial charge in [0.25, 0.3) is 0 Å². The molecule has 0 atom stereocenters. The number of aromatic nitrogens is 1. The molecule has 0 spiro atoms. The molecule has 0 aliphatic rings. The summed E-state index contributed by atoms with van der Waals surface area (Å²) >= 11 is 5.44. The van der Waals surface area contributed by atoms with Crippen LogP contribution in [0.4, 0.5) is 0 Å². The second kappa shape index (κ2) is 5.82. The van der Waals surface area contributed by atoms with Crippen molar-refractivity contribution in [1.29, 1.82) is 0 Å². The lowest BCUT2D eigenvalue weighted by molar-refractivity contribution is 0.112. The standard InChI is InChI=1S/C6H4ClNO.CH5N/c7-6-2-1-5(4-9)3-8-6;1-2/h1-4H;2H2,1H3. The number of carbonyl (C=O) groups is 1. The molecule has 0 saturated carbocycles. The molecule has 0 amide bonds. The maximum atomic E-state index is 10.0. The van der Waals surface area contributed by atoms with Crippen LogP contribution in [0.2, 0.25) is 5.15 Å². The van der Waals surface area contributed by atoms with Crippen molar-refractivity contribution < 1.29 is 4.79 Å². The zero-order valence-electron chi connectivity index (χ0n) is 6.12. The van der Waals surface area contributed by atoms with Crippen LogP contribution in [0.25, 0.3) is 0 Å². The molecule has 1 aromatic rings. The van der Waals surface area contributed by atoms with Crippen LogP contribution in [0.1, 0.15) is 10.4 Å². The van der Waals surface area contributed by atoms with Gasteiger partial charge in [0, 0.05) is 11.8 Å². The molecule has 1 heterocycles. The van der Waals surface area contributed by atoms with Crippen molar-refractivity contribution in [3.8, 4) is 0 Å². The van der Waals surface area contributed by atoms with Gasteiger partial charge < -0.3 is 5.73 Å². The van der Waals surface area contributed by atoms with Crippen LogP contribution in [-0.2, 0) is 0 Å². The van der Waals surface area contributed by atoms with E-state index in [2.05, 4.69) is 10.7 Å². The van der Waals surface area contributed by atoms with E-state index < -0.39 is 0 Å². The van der Waals surface area contributed by atoms with Crippen LogP contribution < -0.4 is 5.73 Å². The average Bonchev–Trinajstić information content (AvgIpc) is 2.10. The number of carbonyl (C=O) groups excluding carboxylic acids is 1. The third kappa shape index (κ3) is 3.70. The first-order valence-corrected chi connectivity index (χ1v) is 3.35. The summed E-state index contributed by atoms with van der Waals surface area (Å²) in [6.07, 6.45) is 2.15. The predicted molar refractivity (Wildman–Crippen MR) is 44.7 cm³/mol. The van der Waals surface area contributed by atoms with Gasteiger partial charge in [0.05, 0.1) is 0 Å². The largest absolute Gasteiger partial charge is 0.333 e. The molecule has 60 valence electrons. The fourth-order valence-electron chi connectivity index (χ4n) is 0.457. The fourth-order valence-corrected chi connectivity index (χ4v) is 0.569. The second-order valence-electron chi connectivity index (χ2n) is 1.53. The molecular formula is C7H9ClN2O. The Morgan fingerprint density at radius 1 is 1.55 bits per heavy atom. The van der Waals surface area contributed by atoms with Gasteiger partial charge in [0.2, 0.25) is 0 Å². The summed E-state index contributed by atoms with van der Waals surface area (Å²) in [5.74, 6) is 0. The number of hydrogen-bond acceptors (Lipinski definition) is 3. The minimum Gasteiger partial charge on any atom is -0.333 e. The number of hydrogen-bond donors (Lipinski definition) is 1. The highest BCUT2D eigenvalue weighted by Crippen LogP contribution is 2.02. The SMILES string of the molecule is CN.O=Cc1ccc(Cl)nc1. The van der Waals surface area contributed by atoms with Crippen molar-refractivity contribution in [2.75, 3.05) is 7.05 Å². The van der Waals surface area contributed by atoms with E-state index in [1.165, 1.54) is 13.2 Å². The minimum atomic E-state index is 0.403. The number of aldehydes is 1. The van der Waals surface area contributed by atoms with Crippen molar-refractivity contribution >= 4 is 17.9 Å². The first kappa shape index (κ1) is 10.1. The van der Waals surface area contributed by atoms with Gasteiger partial charge in [0.15, 0.2) is 6.29 Å².